The molecule has 2 aliphatic rings. The Labute approximate surface area is 194 Å². The number of fused-ring (bicyclic) bond motifs is 1. The van der Waals surface area contributed by atoms with Gasteiger partial charge in [-0.15, -0.1) is 0 Å². The molecule has 0 bridgehead atoms. The summed E-state index contributed by atoms with van der Waals surface area (Å²) in [7, 11) is 1.55. The molecule has 174 valence electrons. The largest absolute Gasteiger partial charge is 0.481 e. The van der Waals surface area contributed by atoms with Crippen molar-refractivity contribution in [2.75, 3.05) is 26.7 Å². The standard InChI is InChI=1S/C25H30N4O4/c1-17(30)14-23(19-7-10-24(33-2)26-16-19)29-13-12-28(25(29)32)11-3-4-20-8-5-18-6-9-21(31)15-22(18)27-20/h5,7-8,10,16,23H,3-4,6,9,11-15H2,1-2H3/t23-/m0/s1. The van der Waals surface area contributed by atoms with Gasteiger partial charge in [-0.2, -0.15) is 0 Å². The number of ketones is 2. The van der Waals surface area contributed by atoms with Crippen molar-refractivity contribution in [1.29, 1.82) is 0 Å². The second-order valence-electron chi connectivity index (χ2n) is 8.75. The Hall–Kier alpha value is -3.29. The van der Waals surface area contributed by atoms with E-state index in [0.717, 1.165) is 36.2 Å². The van der Waals surface area contributed by atoms with E-state index in [-0.39, 0.29) is 30.1 Å². The van der Waals surface area contributed by atoms with Gasteiger partial charge in [0, 0.05) is 56.9 Å². The third kappa shape index (κ3) is 5.38. The van der Waals surface area contributed by atoms with E-state index < -0.39 is 0 Å². The fourth-order valence-electron chi connectivity index (χ4n) is 4.58. The second kappa shape index (κ2) is 10.1. The number of ether oxygens (including phenoxy) is 1. The van der Waals surface area contributed by atoms with E-state index in [2.05, 4.69) is 16.0 Å². The monoisotopic (exact) mass is 450 g/mol. The average Bonchev–Trinajstić information content (AvgIpc) is 3.17. The first-order valence-corrected chi connectivity index (χ1v) is 11.5. The molecule has 33 heavy (non-hydrogen) atoms. The zero-order valence-electron chi connectivity index (χ0n) is 19.2. The number of amides is 2. The lowest BCUT2D eigenvalue weighted by Gasteiger charge is -2.27. The molecule has 1 atom stereocenters. The fourth-order valence-corrected chi connectivity index (χ4v) is 4.58. The predicted molar refractivity (Wildman–Crippen MR) is 122 cm³/mol. The summed E-state index contributed by atoms with van der Waals surface area (Å²) in [6.07, 6.45) is 5.30. The minimum absolute atomic E-state index is 0.0269. The van der Waals surface area contributed by atoms with E-state index in [0.29, 0.717) is 38.4 Å². The minimum Gasteiger partial charge on any atom is -0.481 e. The Balaban J connectivity index is 1.36. The maximum atomic E-state index is 13.1. The van der Waals surface area contributed by atoms with Gasteiger partial charge in [-0.1, -0.05) is 12.1 Å². The molecule has 0 aromatic carbocycles. The van der Waals surface area contributed by atoms with Crippen LogP contribution in [0.3, 0.4) is 0 Å². The van der Waals surface area contributed by atoms with Gasteiger partial charge >= 0.3 is 6.03 Å². The summed E-state index contributed by atoms with van der Waals surface area (Å²) in [5.74, 6) is 0.774. The topological polar surface area (TPSA) is 92.7 Å². The fraction of sp³-hybridized carbons (Fsp3) is 0.480. The predicted octanol–water partition coefficient (Wildman–Crippen LogP) is 2.93. The van der Waals surface area contributed by atoms with Crippen LogP contribution in [0.25, 0.3) is 0 Å². The van der Waals surface area contributed by atoms with E-state index in [1.165, 1.54) is 5.56 Å². The number of rotatable bonds is 9. The van der Waals surface area contributed by atoms with Crippen molar-refractivity contribution >= 4 is 17.6 Å². The van der Waals surface area contributed by atoms with Gasteiger partial charge in [0.25, 0.3) is 0 Å². The molecule has 1 aliphatic carbocycles. The first-order chi connectivity index (χ1) is 15.9. The van der Waals surface area contributed by atoms with Crippen LogP contribution in [0, 0.1) is 0 Å². The van der Waals surface area contributed by atoms with Crippen molar-refractivity contribution in [2.24, 2.45) is 0 Å². The third-order valence-corrected chi connectivity index (χ3v) is 6.36. The van der Waals surface area contributed by atoms with Gasteiger partial charge in [-0.05, 0) is 43.4 Å². The maximum absolute atomic E-state index is 13.1. The summed E-state index contributed by atoms with van der Waals surface area (Å²) in [5.41, 5.74) is 3.88. The normalized spacial score (nSPS) is 16.7. The third-order valence-electron chi connectivity index (χ3n) is 6.36. The summed E-state index contributed by atoms with van der Waals surface area (Å²) in [6, 6.07) is 7.34. The number of aromatic nitrogens is 2. The average molecular weight is 451 g/mol. The molecule has 0 saturated carbocycles. The van der Waals surface area contributed by atoms with Crippen molar-refractivity contribution in [3.63, 3.8) is 0 Å². The van der Waals surface area contributed by atoms with Gasteiger partial charge in [-0.25, -0.2) is 9.78 Å². The lowest BCUT2D eigenvalue weighted by atomic mass is 9.94. The van der Waals surface area contributed by atoms with Gasteiger partial charge < -0.3 is 14.5 Å². The highest BCUT2D eigenvalue weighted by molar-refractivity contribution is 5.82. The first kappa shape index (κ1) is 22.9. The van der Waals surface area contributed by atoms with E-state index in [1.54, 1.807) is 31.2 Å². The van der Waals surface area contributed by atoms with Gasteiger partial charge in [-0.3, -0.25) is 14.6 Å². The Morgan fingerprint density at radius 1 is 1.15 bits per heavy atom. The van der Waals surface area contributed by atoms with Crippen molar-refractivity contribution in [3.8, 4) is 5.88 Å². The van der Waals surface area contributed by atoms with E-state index in [4.69, 9.17) is 4.74 Å². The molecule has 8 nitrogen and oxygen atoms in total. The molecular weight excluding hydrogens is 420 g/mol. The number of nitrogens with zero attached hydrogens (tertiary/aromatic N) is 4. The molecule has 1 saturated heterocycles. The highest BCUT2D eigenvalue weighted by Gasteiger charge is 2.35. The van der Waals surface area contributed by atoms with Crippen LogP contribution in [0.15, 0.2) is 30.5 Å². The smallest absolute Gasteiger partial charge is 0.320 e. The minimum atomic E-state index is -0.335. The number of Topliss-reactive ketones (excluding diaryl/α,β-unsaturated/α-hetero) is 2. The molecule has 4 rings (SSSR count). The first-order valence-electron chi connectivity index (χ1n) is 11.5. The van der Waals surface area contributed by atoms with Crippen LogP contribution in [0.2, 0.25) is 0 Å². The Bertz CT molecular complexity index is 1040. The summed E-state index contributed by atoms with van der Waals surface area (Å²) in [6.45, 7) is 3.37. The van der Waals surface area contributed by atoms with Crippen LogP contribution in [0.5, 0.6) is 5.88 Å². The van der Waals surface area contributed by atoms with E-state index >= 15 is 0 Å². The number of hydrogen-bond acceptors (Lipinski definition) is 6. The lowest BCUT2D eigenvalue weighted by Crippen LogP contribution is -2.36. The number of pyridine rings is 2. The molecule has 0 N–H and O–H groups in total. The zero-order chi connectivity index (χ0) is 23.4. The molecule has 1 aliphatic heterocycles. The lowest BCUT2D eigenvalue weighted by molar-refractivity contribution is -0.119. The van der Waals surface area contributed by atoms with Gasteiger partial charge in [0.05, 0.1) is 18.8 Å². The molecule has 0 unspecified atom stereocenters. The van der Waals surface area contributed by atoms with Crippen LogP contribution in [0.1, 0.15) is 54.7 Å². The van der Waals surface area contributed by atoms with Crippen molar-refractivity contribution in [3.05, 3.63) is 53.0 Å². The molecule has 1 fully saturated rings. The molecule has 2 amide bonds. The van der Waals surface area contributed by atoms with Crippen LogP contribution in [-0.4, -0.2) is 64.1 Å². The quantitative estimate of drug-likeness (QED) is 0.583. The number of urea groups is 1. The van der Waals surface area contributed by atoms with Crippen molar-refractivity contribution < 1.29 is 19.1 Å². The van der Waals surface area contributed by atoms with Crippen LogP contribution >= 0.6 is 0 Å². The number of methoxy groups -OCH3 is 1. The highest BCUT2D eigenvalue weighted by Crippen LogP contribution is 2.29. The van der Waals surface area contributed by atoms with Gasteiger partial charge in [0.2, 0.25) is 5.88 Å². The maximum Gasteiger partial charge on any atom is 0.320 e. The van der Waals surface area contributed by atoms with Crippen LogP contribution < -0.4 is 4.74 Å². The number of hydrogen-bond donors (Lipinski definition) is 0. The van der Waals surface area contributed by atoms with Crippen LogP contribution in [0.4, 0.5) is 4.79 Å². The van der Waals surface area contributed by atoms with Gasteiger partial charge in [0.15, 0.2) is 0 Å². The molecule has 0 spiro atoms. The van der Waals surface area contributed by atoms with Gasteiger partial charge in [0.1, 0.15) is 11.6 Å². The summed E-state index contributed by atoms with van der Waals surface area (Å²) in [4.78, 5) is 49.3. The summed E-state index contributed by atoms with van der Waals surface area (Å²) < 4.78 is 5.12. The van der Waals surface area contributed by atoms with Crippen molar-refractivity contribution in [1.82, 2.24) is 19.8 Å². The molecular formula is C25H30N4O4. The summed E-state index contributed by atoms with van der Waals surface area (Å²) in [5, 5.41) is 0. The summed E-state index contributed by atoms with van der Waals surface area (Å²) >= 11 is 0. The SMILES string of the molecule is COc1ccc([C@H](CC(C)=O)N2CCN(CCCc3ccc4c(n3)CC(=O)CC4)C2=O)cn1. The molecule has 8 heteroatoms. The number of carbonyl (C=O) groups is 3. The Kier molecular flexibility index (Phi) is 7.01. The van der Waals surface area contributed by atoms with Crippen molar-refractivity contribution in [2.45, 2.75) is 51.5 Å². The van der Waals surface area contributed by atoms with E-state index in [1.807, 2.05) is 17.0 Å². The Morgan fingerprint density at radius 2 is 2.00 bits per heavy atom. The number of carbonyl (C=O) groups excluding carboxylic acids is 3. The molecule has 2 aromatic heterocycles. The zero-order valence-corrected chi connectivity index (χ0v) is 19.2. The number of aryl methyl sites for hydroxylation is 2. The molecule has 0 radical (unpaired) electrons. The Morgan fingerprint density at radius 3 is 2.73 bits per heavy atom. The molecule has 2 aromatic rings. The molecule has 3 heterocycles. The van der Waals surface area contributed by atoms with E-state index in [9.17, 15) is 14.4 Å². The van der Waals surface area contributed by atoms with Crippen LogP contribution in [-0.2, 0) is 28.9 Å². The highest BCUT2D eigenvalue weighted by atomic mass is 16.5. The second-order valence-corrected chi connectivity index (χ2v) is 8.75.